The van der Waals surface area contributed by atoms with Gasteiger partial charge in [-0.25, -0.2) is 9.78 Å². The Morgan fingerprint density at radius 1 is 0.971 bits per heavy atom. The second-order valence-corrected chi connectivity index (χ2v) is 7.84. The molecule has 3 aromatic heterocycles. The van der Waals surface area contributed by atoms with E-state index < -0.39 is 5.97 Å². The van der Waals surface area contributed by atoms with E-state index in [-0.39, 0.29) is 23.5 Å². The summed E-state index contributed by atoms with van der Waals surface area (Å²) in [5, 5.41) is 19.2. The van der Waals surface area contributed by atoms with Gasteiger partial charge in [0.1, 0.15) is 0 Å². The van der Waals surface area contributed by atoms with Crippen LogP contribution in [0, 0.1) is 0 Å². The van der Waals surface area contributed by atoms with Crippen LogP contribution in [0.5, 0.6) is 5.75 Å². The van der Waals surface area contributed by atoms with Crippen molar-refractivity contribution in [2.75, 3.05) is 7.11 Å². The topological polar surface area (TPSA) is 107 Å². The van der Waals surface area contributed by atoms with E-state index >= 15 is 0 Å². The zero-order valence-electron chi connectivity index (χ0n) is 18.8. The summed E-state index contributed by atoms with van der Waals surface area (Å²) < 4.78 is 6.43. The molecule has 8 nitrogen and oxygen atoms in total. The van der Waals surface area contributed by atoms with Gasteiger partial charge < -0.3 is 14.4 Å². The van der Waals surface area contributed by atoms with Gasteiger partial charge in [-0.1, -0.05) is 60.7 Å². The molecule has 0 saturated heterocycles. The number of aromatic hydroxyl groups is 1. The van der Waals surface area contributed by atoms with Gasteiger partial charge in [0.25, 0.3) is 5.56 Å². The first-order valence-electron chi connectivity index (χ1n) is 10.8. The normalized spacial score (nSPS) is 10.9. The quantitative estimate of drug-likeness (QED) is 0.391. The number of carbonyl (C=O) groups excluding carboxylic acids is 1. The van der Waals surface area contributed by atoms with Crippen molar-refractivity contribution in [1.29, 1.82) is 0 Å². The Balaban J connectivity index is 1.94. The van der Waals surface area contributed by atoms with Crippen LogP contribution in [0.3, 0.4) is 0 Å². The minimum absolute atomic E-state index is 0.223. The van der Waals surface area contributed by atoms with Crippen LogP contribution in [-0.4, -0.2) is 37.9 Å². The Morgan fingerprint density at radius 3 is 2.34 bits per heavy atom. The van der Waals surface area contributed by atoms with Crippen LogP contribution in [0.1, 0.15) is 16.1 Å². The molecule has 0 aliphatic carbocycles. The molecule has 172 valence electrons. The van der Waals surface area contributed by atoms with Crippen molar-refractivity contribution in [1.82, 2.24) is 19.7 Å². The Morgan fingerprint density at radius 2 is 1.69 bits per heavy atom. The second-order valence-electron chi connectivity index (χ2n) is 7.84. The largest absolute Gasteiger partial charge is 0.505 e. The van der Waals surface area contributed by atoms with E-state index in [2.05, 4.69) is 15.2 Å². The van der Waals surface area contributed by atoms with Crippen molar-refractivity contribution in [3.63, 3.8) is 0 Å². The lowest BCUT2D eigenvalue weighted by Gasteiger charge is -2.18. The van der Waals surface area contributed by atoms with E-state index in [1.807, 2.05) is 60.7 Å². The molecule has 3 heterocycles. The van der Waals surface area contributed by atoms with Crippen molar-refractivity contribution in [3.05, 3.63) is 107 Å². The maximum atomic E-state index is 13.9. The van der Waals surface area contributed by atoms with Crippen LogP contribution in [0.2, 0.25) is 0 Å². The highest BCUT2D eigenvalue weighted by atomic mass is 16.5. The van der Waals surface area contributed by atoms with Crippen molar-refractivity contribution in [3.8, 4) is 28.1 Å². The number of nitrogens with zero attached hydrogens (tertiary/aromatic N) is 4. The first-order chi connectivity index (χ1) is 17.1. The van der Waals surface area contributed by atoms with Crippen molar-refractivity contribution >= 4 is 16.9 Å². The number of ether oxygens (including phenoxy) is 1. The number of pyridine rings is 2. The number of hydrogen-bond donors (Lipinski definition) is 1. The summed E-state index contributed by atoms with van der Waals surface area (Å²) in [4.78, 5) is 30.8. The summed E-state index contributed by atoms with van der Waals surface area (Å²) in [7, 11) is 1.22. The van der Waals surface area contributed by atoms with Crippen LogP contribution >= 0.6 is 0 Å². The fourth-order valence-corrected chi connectivity index (χ4v) is 4.06. The number of hydrogen-bond acceptors (Lipinski definition) is 7. The molecule has 1 N–H and O–H groups in total. The first-order valence-corrected chi connectivity index (χ1v) is 10.8. The van der Waals surface area contributed by atoms with Gasteiger partial charge in [-0.05, 0) is 23.3 Å². The van der Waals surface area contributed by atoms with Crippen molar-refractivity contribution in [2.45, 2.75) is 6.54 Å². The fourth-order valence-electron chi connectivity index (χ4n) is 4.06. The van der Waals surface area contributed by atoms with Gasteiger partial charge in [0.15, 0.2) is 11.4 Å². The fraction of sp³-hybridized carbons (Fsp3) is 0.0741. The Bertz CT molecular complexity index is 1590. The lowest BCUT2D eigenvalue weighted by molar-refractivity contribution is 0.0591. The summed E-state index contributed by atoms with van der Waals surface area (Å²) in [5.41, 5.74) is 2.64. The number of carbonyl (C=O) groups is 1. The minimum atomic E-state index is -0.797. The third-order valence-electron chi connectivity index (χ3n) is 5.72. The number of aromatic nitrogens is 4. The molecule has 0 fully saturated rings. The van der Waals surface area contributed by atoms with Gasteiger partial charge in [-0.3, -0.25) is 4.79 Å². The molecule has 2 aromatic carbocycles. The van der Waals surface area contributed by atoms with Crippen LogP contribution in [-0.2, 0) is 11.3 Å². The van der Waals surface area contributed by atoms with Gasteiger partial charge in [0, 0.05) is 16.5 Å². The van der Waals surface area contributed by atoms with E-state index in [0.717, 1.165) is 5.56 Å². The van der Waals surface area contributed by atoms with Crippen LogP contribution in [0.15, 0.2) is 90.0 Å². The summed E-state index contributed by atoms with van der Waals surface area (Å²) in [6.07, 6.45) is 2.98. The molecule has 8 heteroatoms. The highest BCUT2D eigenvalue weighted by Crippen LogP contribution is 2.36. The first kappa shape index (κ1) is 22.0. The van der Waals surface area contributed by atoms with E-state index in [1.54, 1.807) is 16.7 Å². The van der Waals surface area contributed by atoms with Crippen molar-refractivity contribution < 1.29 is 14.6 Å². The van der Waals surface area contributed by atoms with Gasteiger partial charge in [-0.2, -0.15) is 10.2 Å². The Labute approximate surface area is 200 Å². The van der Waals surface area contributed by atoms with Crippen LogP contribution < -0.4 is 5.56 Å². The molecule has 0 bridgehead atoms. The number of benzene rings is 2. The molecule has 0 aliphatic heterocycles. The van der Waals surface area contributed by atoms with Gasteiger partial charge in [-0.15, -0.1) is 0 Å². The molecule has 0 spiro atoms. The summed E-state index contributed by atoms with van der Waals surface area (Å²) in [6.45, 7) is 0.223. The highest BCUT2D eigenvalue weighted by Gasteiger charge is 2.25. The smallest absolute Gasteiger partial charge is 0.360 e. The maximum Gasteiger partial charge on any atom is 0.360 e. The second kappa shape index (κ2) is 9.18. The summed E-state index contributed by atoms with van der Waals surface area (Å²) in [5.74, 6) is -1.16. The molecule has 5 rings (SSSR count). The average molecular weight is 464 g/mol. The molecular weight excluding hydrogens is 444 g/mol. The number of esters is 1. The number of rotatable bonds is 5. The molecule has 5 aromatic rings. The molecule has 0 atom stereocenters. The number of fused-ring (bicyclic) bond motifs is 1. The van der Waals surface area contributed by atoms with Crippen LogP contribution in [0.25, 0.3) is 33.3 Å². The van der Waals surface area contributed by atoms with E-state index in [4.69, 9.17) is 4.74 Å². The molecule has 0 aliphatic rings. The molecule has 0 saturated carbocycles. The van der Waals surface area contributed by atoms with Crippen LogP contribution in [0.4, 0.5) is 0 Å². The SMILES string of the molecule is COC(=O)c1nc(-c2ccnnc2)c2c(cc(-c3ccccc3)c(=O)n2Cc2ccccc2)c1O. The molecule has 0 radical (unpaired) electrons. The van der Waals surface area contributed by atoms with Gasteiger partial charge in [0.05, 0.1) is 37.3 Å². The monoisotopic (exact) mass is 464 g/mol. The predicted molar refractivity (Wildman–Crippen MR) is 131 cm³/mol. The third kappa shape index (κ3) is 4.02. The van der Waals surface area contributed by atoms with E-state index in [0.29, 0.717) is 33.3 Å². The average Bonchev–Trinajstić information content (AvgIpc) is 2.91. The van der Waals surface area contributed by atoms with Gasteiger partial charge >= 0.3 is 5.97 Å². The van der Waals surface area contributed by atoms with Gasteiger partial charge in [0.2, 0.25) is 0 Å². The summed E-state index contributed by atoms with van der Waals surface area (Å²) >= 11 is 0. The molecular formula is C27H20N4O4. The lowest BCUT2D eigenvalue weighted by Crippen LogP contribution is -2.24. The summed E-state index contributed by atoms with van der Waals surface area (Å²) in [6, 6.07) is 21.9. The Kier molecular flexibility index (Phi) is 5.76. The molecule has 0 unspecified atom stereocenters. The minimum Gasteiger partial charge on any atom is -0.505 e. The number of methoxy groups -OCH3 is 1. The third-order valence-corrected chi connectivity index (χ3v) is 5.72. The van der Waals surface area contributed by atoms with Crippen molar-refractivity contribution in [2.24, 2.45) is 0 Å². The Hall–Kier alpha value is -4.85. The van der Waals surface area contributed by atoms with E-state index in [9.17, 15) is 14.7 Å². The van der Waals surface area contributed by atoms with E-state index in [1.165, 1.54) is 19.5 Å². The lowest BCUT2D eigenvalue weighted by atomic mass is 10.0. The molecule has 0 amide bonds. The zero-order valence-corrected chi connectivity index (χ0v) is 18.8. The highest BCUT2D eigenvalue weighted by molar-refractivity contribution is 6.04. The standard InChI is InChI=1S/C27H20N4O4/c1-35-27(34)23-25(32)21-14-20(18-10-6-3-7-11-18)26(33)31(16-17-8-4-2-5-9-17)24(21)22(30-23)19-12-13-28-29-15-19/h2-15,32H,16H2,1H3. The zero-order chi connectivity index (χ0) is 24.4. The maximum absolute atomic E-state index is 13.9. The molecule has 35 heavy (non-hydrogen) atoms. The predicted octanol–water partition coefficient (Wildman–Crippen LogP) is 4.06.